The van der Waals surface area contributed by atoms with Crippen molar-refractivity contribution in [2.75, 3.05) is 32.8 Å². The average Bonchev–Trinajstić information content (AvgIpc) is 3.67. The van der Waals surface area contributed by atoms with Gasteiger partial charge in [-0.1, -0.05) is 13.0 Å². The Bertz CT molecular complexity index is 1310. The summed E-state index contributed by atoms with van der Waals surface area (Å²) in [4.78, 5) is 24.9. The fourth-order valence-corrected chi connectivity index (χ4v) is 5.53. The SMILES string of the molecule is CCc1nc2c(-c3ccncc3)cccn2c1C(=O)NCC1=CC=C(N2CCCOCC2)[C@@H]2CC12.[HH]. The first-order valence-electron chi connectivity index (χ1n) is 12.7. The van der Waals surface area contributed by atoms with Gasteiger partial charge in [0.1, 0.15) is 11.3 Å². The van der Waals surface area contributed by atoms with Crippen LogP contribution in [0, 0.1) is 11.8 Å². The maximum absolute atomic E-state index is 13.4. The highest BCUT2D eigenvalue weighted by atomic mass is 16.5. The number of hydrogen-bond donors (Lipinski definition) is 1. The van der Waals surface area contributed by atoms with Crippen molar-refractivity contribution >= 4 is 11.6 Å². The lowest BCUT2D eigenvalue weighted by Crippen LogP contribution is -2.30. The minimum absolute atomic E-state index is 0. The maximum Gasteiger partial charge on any atom is 0.270 e. The fourth-order valence-electron chi connectivity index (χ4n) is 5.53. The van der Waals surface area contributed by atoms with Crippen LogP contribution in [-0.4, -0.2) is 58.0 Å². The molecule has 0 radical (unpaired) electrons. The molecule has 1 saturated carbocycles. The molecule has 7 heteroatoms. The number of amides is 1. The quantitative estimate of drug-likeness (QED) is 0.586. The summed E-state index contributed by atoms with van der Waals surface area (Å²) in [6.45, 7) is 6.34. The molecule has 1 amide bonds. The van der Waals surface area contributed by atoms with Gasteiger partial charge in [-0.25, -0.2) is 4.98 Å². The van der Waals surface area contributed by atoms with Crippen LogP contribution in [-0.2, 0) is 11.2 Å². The Morgan fingerprint density at radius 1 is 1.17 bits per heavy atom. The molecule has 3 aliphatic rings. The van der Waals surface area contributed by atoms with Gasteiger partial charge in [-0.15, -0.1) is 0 Å². The van der Waals surface area contributed by atoms with E-state index in [2.05, 4.69) is 27.4 Å². The Hall–Kier alpha value is -3.45. The van der Waals surface area contributed by atoms with E-state index in [1.165, 1.54) is 17.7 Å². The number of ether oxygens (including phenoxy) is 1. The molecule has 2 aliphatic carbocycles. The van der Waals surface area contributed by atoms with Crippen LogP contribution in [0.3, 0.4) is 0 Å². The molecule has 2 atom stereocenters. The number of carbonyl (C=O) groups is 1. The monoisotopic (exact) mass is 471 g/mol. The van der Waals surface area contributed by atoms with Gasteiger partial charge in [0.15, 0.2) is 0 Å². The van der Waals surface area contributed by atoms with Gasteiger partial charge in [0.25, 0.3) is 5.91 Å². The number of nitrogens with zero attached hydrogens (tertiary/aromatic N) is 4. The first kappa shape index (κ1) is 22.0. The summed E-state index contributed by atoms with van der Waals surface area (Å²) in [6, 6.07) is 7.95. The molecule has 0 aromatic carbocycles. The third-order valence-electron chi connectivity index (χ3n) is 7.42. The Balaban J connectivity index is 0.00000267. The second-order valence-electron chi connectivity index (χ2n) is 9.53. The van der Waals surface area contributed by atoms with Crippen LogP contribution in [0.1, 0.15) is 37.4 Å². The highest BCUT2D eigenvalue weighted by molar-refractivity contribution is 5.96. The van der Waals surface area contributed by atoms with E-state index >= 15 is 0 Å². The summed E-state index contributed by atoms with van der Waals surface area (Å²) in [5.41, 5.74) is 7.05. The molecule has 1 saturated heterocycles. The van der Waals surface area contributed by atoms with Gasteiger partial charge < -0.3 is 15.0 Å². The van der Waals surface area contributed by atoms with Crippen LogP contribution in [0.15, 0.2) is 66.3 Å². The van der Waals surface area contributed by atoms with E-state index in [9.17, 15) is 4.79 Å². The van der Waals surface area contributed by atoms with Gasteiger partial charge in [-0.05, 0) is 66.7 Å². The van der Waals surface area contributed by atoms with E-state index in [-0.39, 0.29) is 7.33 Å². The highest BCUT2D eigenvalue weighted by Crippen LogP contribution is 2.52. The van der Waals surface area contributed by atoms with Gasteiger partial charge in [-0.2, -0.15) is 0 Å². The zero-order valence-electron chi connectivity index (χ0n) is 20.1. The minimum atomic E-state index is -0.0706. The number of fused-ring (bicyclic) bond motifs is 2. The van der Waals surface area contributed by atoms with Crippen LogP contribution >= 0.6 is 0 Å². The lowest BCUT2D eigenvalue weighted by Gasteiger charge is -2.27. The molecule has 7 nitrogen and oxygen atoms in total. The number of rotatable bonds is 6. The lowest BCUT2D eigenvalue weighted by atomic mass is 10.0. The third-order valence-corrected chi connectivity index (χ3v) is 7.42. The number of carbonyl (C=O) groups excluding carboxylic acids is 1. The zero-order chi connectivity index (χ0) is 23.8. The van der Waals surface area contributed by atoms with Crippen molar-refractivity contribution in [1.82, 2.24) is 24.6 Å². The fraction of sp³-hybridized carbons (Fsp3) is 0.393. The summed E-state index contributed by atoms with van der Waals surface area (Å²) in [5, 5.41) is 3.20. The molecule has 35 heavy (non-hydrogen) atoms. The summed E-state index contributed by atoms with van der Waals surface area (Å²) in [6.07, 6.45) is 12.9. The summed E-state index contributed by atoms with van der Waals surface area (Å²) in [7, 11) is 0. The number of allylic oxidation sites excluding steroid dienone is 3. The smallest absolute Gasteiger partial charge is 0.270 e. The highest BCUT2D eigenvalue weighted by Gasteiger charge is 2.45. The normalized spacial score (nSPS) is 21.7. The topological polar surface area (TPSA) is 71.8 Å². The molecule has 0 spiro atoms. The van der Waals surface area contributed by atoms with E-state index in [1.807, 2.05) is 41.8 Å². The van der Waals surface area contributed by atoms with E-state index in [0.717, 1.165) is 55.2 Å². The van der Waals surface area contributed by atoms with E-state index in [4.69, 9.17) is 9.72 Å². The van der Waals surface area contributed by atoms with Crippen molar-refractivity contribution in [3.05, 3.63) is 77.7 Å². The zero-order valence-corrected chi connectivity index (χ0v) is 20.1. The van der Waals surface area contributed by atoms with E-state index in [0.29, 0.717) is 30.5 Å². The predicted molar refractivity (Wildman–Crippen MR) is 137 cm³/mol. The van der Waals surface area contributed by atoms with Crippen LogP contribution < -0.4 is 5.32 Å². The minimum Gasteiger partial charge on any atom is -0.380 e. The first-order valence-corrected chi connectivity index (χ1v) is 12.7. The van der Waals surface area contributed by atoms with Crippen molar-refractivity contribution in [3.63, 3.8) is 0 Å². The van der Waals surface area contributed by atoms with Gasteiger partial charge in [0.05, 0.1) is 12.3 Å². The van der Waals surface area contributed by atoms with Gasteiger partial charge >= 0.3 is 0 Å². The largest absolute Gasteiger partial charge is 0.380 e. The van der Waals surface area contributed by atoms with Gasteiger partial charge in [0, 0.05) is 63.4 Å². The number of aromatic nitrogens is 3. The molecule has 3 aromatic heterocycles. The van der Waals surface area contributed by atoms with Crippen molar-refractivity contribution in [3.8, 4) is 11.1 Å². The molecular formula is C28H33N5O2. The Morgan fingerprint density at radius 2 is 2.06 bits per heavy atom. The molecule has 6 rings (SSSR count). The van der Waals surface area contributed by atoms with Gasteiger partial charge in [0.2, 0.25) is 0 Å². The number of hydrogen-bond acceptors (Lipinski definition) is 5. The van der Waals surface area contributed by atoms with Crippen molar-refractivity contribution < 1.29 is 11.0 Å². The Labute approximate surface area is 207 Å². The van der Waals surface area contributed by atoms with Crippen molar-refractivity contribution in [2.45, 2.75) is 26.2 Å². The standard InChI is InChI=1S/C28H31N5O2.H2/c1-2-24-26(33-13-3-5-21(27(33)31-24)19-8-10-29-11-9-19)28(34)30-18-20-6-7-25(23-17-22(20)23)32-12-4-15-35-16-14-32;/h3,5-11,13,22-23H,2,4,12,14-18H2,1H3,(H,30,34);1H/t22?,23-;/m1./s1. The molecule has 2 fully saturated rings. The molecule has 3 aromatic rings. The lowest BCUT2D eigenvalue weighted by molar-refractivity contribution is 0.0949. The van der Waals surface area contributed by atoms with Crippen LogP contribution in [0.4, 0.5) is 0 Å². The molecule has 1 aliphatic heterocycles. The average molecular weight is 472 g/mol. The van der Waals surface area contributed by atoms with E-state index in [1.54, 1.807) is 12.4 Å². The Morgan fingerprint density at radius 3 is 2.91 bits per heavy atom. The molecule has 1 N–H and O–H groups in total. The Kier molecular flexibility index (Phi) is 5.86. The second kappa shape index (κ2) is 9.30. The first-order chi connectivity index (χ1) is 17.2. The van der Waals surface area contributed by atoms with Crippen molar-refractivity contribution in [1.29, 1.82) is 0 Å². The molecule has 182 valence electrons. The molecule has 1 unspecified atom stereocenters. The van der Waals surface area contributed by atoms with E-state index < -0.39 is 0 Å². The number of nitrogens with one attached hydrogen (secondary N) is 1. The number of aryl methyl sites for hydroxylation is 1. The summed E-state index contributed by atoms with van der Waals surface area (Å²) >= 11 is 0. The van der Waals surface area contributed by atoms with Gasteiger partial charge in [-0.3, -0.25) is 14.2 Å². The van der Waals surface area contributed by atoms with Crippen LogP contribution in [0.5, 0.6) is 0 Å². The summed E-state index contributed by atoms with van der Waals surface area (Å²) in [5.74, 6) is 1.07. The molecular weight excluding hydrogens is 438 g/mol. The number of imidazole rings is 1. The van der Waals surface area contributed by atoms with Crippen LogP contribution in [0.25, 0.3) is 16.8 Å². The molecule has 4 heterocycles. The second-order valence-corrected chi connectivity index (χ2v) is 9.53. The number of pyridine rings is 2. The maximum atomic E-state index is 13.4. The van der Waals surface area contributed by atoms with Crippen LogP contribution in [0.2, 0.25) is 0 Å². The molecule has 0 bridgehead atoms. The summed E-state index contributed by atoms with van der Waals surface area (Å²) < 4.78 is 7.56. The third kappa shape index (κ3) is 4.14. The van der Waals surface area contributed by atoms with Crippen molar-refractivity contribution in [2.24, 2.45) is 11.8 Å². The predicted octanol–water partition coefficient (Wildman–Crippen LogP) is 4.12.